The zero-order valence-corrected chi connectivity index (χ0v) is 12.9. The summed E-state index contributed by atoms with van der Waals surface area (Å²) in [6.45, 7) is -0.430. The highest BCUT2D eigenvalue weighted by atomic mass is 19.1. The molecule has 2 amide bonds. The van der Waals surface area contributed by atoms with Gasteiger partial charge in [-0.25, -0.2) is 4.39 Å². The van der Waals surface area contributed by atoms with Crippen molar-refractivity contribution in [3.05, 3.63) is 48.3 Å². The van der Waals surface area contributed by atoms with E-state index in [1.54, 1.807) is 24.3 Å². The Bertz CT molecular complexity index is 794. The molecule has 0 atom stereocenters. The molecule has 1 aliphatic heterocycles. The molecule has 6 nitrogen and oxygen atoms in total. The van der Waals surface area contributed by atoms with E-state index in [9.17, 15) is 14.0 Å². The average Bonchev–Trinajstić information content (AvgIpc) is 2.57. The Kier molecular flexibility index (Phi) is 4.33. The standard InChI is InChI=1S/C17H15FN2O4/c1-23-13-4-2-3-12(8-13)19-16(21)9-20-14-7-11(18)5-6-15(14)24-10-17(20)22/h2-8H,9-10H2,1H3,(H,19,21). The van der Waals surface area contributed by atoms with Gasteiger partial charge in [0.2, 0.25) is 5.91 Å². The second kappa shape index (κ2) is 6.57. The van der Waals surface area contributed by atoms with Crippen molar-refractivity contribution in [3.8, 4) is 11.5 Å². The van der Waals surface area contributed by atoms with E-state index in [0.29, 0.717) is 17.2 Å². The molecule has 1 N–H and O–H groups in total. The molecule has 0 aromatic heterocycles. The Hall–Kier alpha value is -3.09. The minimum Gasteiger partial charge on any atom is -0.497 e. The summed E-state index contributed by atoms with van der Waals surface area (Å²) in [7, 11) is 1.53. The van der Waals surface area contributed by atoms with Gasteiger partial charge in [0.05, 0.1) is 12.8 Å². The normalized spacial score (nSPS) is 13.1. The molecule has 1 heterocycles. The number of halogens is 1. The monoisotopic (exact) mass is 330 g/mol. The molecule has 0 saturated carbocycles. The van der Waals surface area contributed by atoms with Gasteiger partial charge in [-0.1, -0.05) is 6.07 Å². The van der Waals surface area contributed by atoms with E-state index in [1.165, 1.54) is 30.2 Å². The van der Waals surface area contributed by atoms with Crippen molar-refractivity contribution in [3.63, 3.8) is 0 Å². The third-order valence-electron chi connectivity index (χ3n) is 3.52. The number of hydrogen-bond acceptors (Lipinski definition) is 4. The van der Waals surface area contributed by atoms with E-state index in [4.69, 9.17) is 9.47 Å². The van der Waals surface area contributed by atoms with Gasteiger partial charge >= 0.3 is 0 Å². The lowest BCUT2D eigenvalue weighted by atomic mass is 10.2. The van der Waals surface area contributed by atoms with Crippen LogP contribution in [0.5, 0.6) is 11.5 Å². The number of hydrogen-bond donors (Lipinski definition) is 1. The molecule has 1 aliphatic rings. The van der Waals surface area contributed by atoms with Crippen molar-refractivity contribution in [1.82, 2.24) is 0 Å². The van der Waals surface area contributed by atoms with Crippen LogP contribution in [0.3, 0.4) is 0 Å². The first-order chi connectivity index (χ1) is 11.6. The smallest absolute Gasteiger partial charge is 0.265 e. The summed E-state index contributed by atoms with van der Waals surface area (Å²) in [5.41, 5.74) is 0.784. The lowest BCUT2D eigenvalue weighted by Gasteiger charge is -2.28. The number of carbonyl (C=O) groups excluding carboxylic acids is 2. The third kappa shape index (κ3) is 3.29. The number of anilines is 2. The first kappa shape index (κ1) is 15.8. The van der Waals surface area contributed by atoms with Gasteiger partial charge in [-0.3, -0.25) is 14.5 Å². The summed E-state index contributed by atoms with van der Waals surface area (Å²) < 4.78 is 23.8. The number of fused-ring (bicyclic) bond motifs is 1. The lowest BCUT2D eigenvalue weighted by Crippen LogP contribution is -2.43. The number of carbonyl (C=O) groups is 2. The number of ether oxygens (including phenoxy) is 2. The summed E-state index contributed by atoms with van der Waals surface area (Å²) in [5, 5.41) is 2.68. The summed E-state index contributed by atoms with van der Waals surface area (Å²) in [6.07, 6.45) is 0. The maximum absolute atomic E-state index is 13.5. The fourth-order valence-electron chi connectivity index (χ4n) is 2.39. The van der Waals surface area contributed by atoms with Crippen LogP contribution in [0.1, 0.15) is 0 Å². The third-order valence-corrected chi connectivity index (χ3v) is 3.52. The molecule has 0 bridgehead atoms. The van der Waals surface area contributed by atoms with Crippen molar-refractivity contribution in [2.45, 2.75) is 0 Å². The zero-order chi connectivity index (χ0) is 17.1. The first-order valence-corrected chi connectivity index (χ1v) is 7.23. The molecule has 0 aliphatic carbocycles. The van der Waals surface area contributed by atoms with Gasteiger partial charge < -0.3 is 14.8 Å². The number of benzene rings is 2. The summed E-state index contributed by atoms with van der Waals surface area (Å²) >= 11 is 0. The number of nitrogens with one attached hydrogen (secondary N) is 1. The van der Waals surface area contributed by atoms with E-state index in [1.807, 2.05) is 0 Å². The lowest BCUT2D eigenvalue weighted by molar-refractivity contribution is -0.123. The van der Waals surface area contributed by atoms with Crippen LogP contribution < -0.4 is 19.7 Å². The van der Waals surface area contributed by atoms with Crippen LogP contribution in [-0.2, 0) is 9.59 Å². The molecule has 2 aromatic carbocycles. The molecule has 124 valence electrons. The molecule has 3 rings (SSSR count). The average molecular weight is 330 g/mol. The second-order valence-corrected chi connectivity index (χ2v) is 5.16. The first-order valence-electron chi connectivity index (χ1n) is 7.23. The Labute approximate surface area is 137 Å². The number of amides is 2. The minimum absolute atomic E-state index is 0.189. The predicted molar refractivity (Wildman–Crippen MR) is 85.9 cm³/mol. The van der Waals surface area contributed by atoms with Crippen LogP contribution >= 0.6 is 0 Å². The fraction of sp³-hybridized carbons (Fsp3) is 0.176. The van der Waals surface area contributed by atoms with E-state index < -0.39 is 17.6 Å². The molecule has 24 heavy (non-hydrogen) atoms. The second-order valence-electron chi connectivity index (χ2n) is 5.16. The highest BCUT2D eigenvalue weighted by Crippen LogP contribution is 2.32. The highest BCUT2D eigenvalue weighted by molar-refractivity contribution is 6.05. The Morgan fingerprint density at radius 2 is 2.17 bits per heavy atom. The van der Waals surface area contributed by atoms with Crippen LogP contribution in [0.15, 0.2) is 42.5 Å². The molecular formula is C17H15FN2O4. The molecule has 0 saturated heterocycles. The topological polar surface area (TPSA) is 67.9 Å². The van der Waals surface area contributed by atoms with Crippen molar-refractivity contribution in [1.29, 1.82) is 0 Å². The van der Waals surface area contributed by atoms with Gasteiger partial charge in [0, 0.05) is 17.8 Å². The number of rotatable bonds is 4. The predicted octanol–water partition coefficient (Wildman–Crippen LogP) is 2.20. The summed E-state index contributed by atoms with van der Waals surface area (Å²) in [6, 6.07) is 10.7. The van der Waals surface area contributed by atoms with Crippen LogP contribution in [0.25, 0.3) is 0 Å². The molecule has 0 spiro atoms. The van der Waals surface area contributed by atoms with Crippen LogP contribution in [-0.4, -0.2) is 32.1 Å². The molecule has 0 fully saturated rings. The van der Waals surface area contributed by atoms with Gasteiger partial charge in [-0.05, 0) is 24.3 Å². The molecule has 2 aromatic rings. The van der Waals surface area contributed by atoms with Crippen LogP contribution in [0.4, 0.5) is 15.8 Å². The fourth-order valence-corrected chi connectivity index (χ4v) is 2.39. The van der Waals surface area contributed by atoms with Gasteiger partial charge in [0.1, 0.15) is 23.9 Å². The summed E-state index contributed by atoms with van der Waals surface area (Å²) in [4.78, 5) is 25.5. The van der Waals surface area contributed by atoms with Gasteiger partial charge in [0.15, 0.2) is 6.61 Å². The van der Waals surface area contributed by atoms with E-state index in [0.717, 1.165) is 0 Å². The van der Waals surface area contributed by atoms with Crippen molar-refractivity contribution in [2.75, 3.05) is 30.5 Å². The van der Waals surface area contributed by atoms with Crippen molar-refractivity contribution in [2.24, 2.45) is 0 Å². The van der Waals surface area contributed by atoms with Crippen molar-refractivity contribution >= 4 is 23.2 Å². The van der Waals surface area contributed by atoms with Crippen molar-refractivity contribution < 1.29 is 23.5 Å². The van der Waals surface area contributed by atoms with Crippen LogP contribution in [0.2, 0.25) is 0 Å². The molecule has 7 heteroatoms. The van der Waals surface area contributed by atoms with Gasteiger partial charge in [0.25, 0.3) is 5.91 Å². The Morgan fingerprint density at radius 3 is 2.96 bits per heavy atom. The molecule has 0 radical (unpaired) electrons. The van der Waals surface area contributed by atoms with Gasteiger partial charge in [-0.2, -0.15) is 0 Å². The van der Waals surface area contributed by atoms with E-state index >= 15 is 0 Å². The quantitative estimate of drug-likeness (QED) is 0.933. The summed E-state index contributed by atoms with van der Waals surface area (Å²) in [5.74, 6) is -0.360. The minimum atomic E-state index is -0.509. The maximum Gasteiger partial charge on any atom is 0.265 e. The largest absolute Gasteiger partial charge is 0.497 e. The maximum atomic E-state index is 13.5. The number of methoxy groups -OCH3 is 1. The van der Waals surface area contributed by atoms with E-state index in [-0.39, 0.29) is 18.8 Å². The number of nitrogens with zero attached hydrogens (tertiary/aromatic N) is 1. The highest BCUT2D eigenvalue weighted by Gasteiger charge is 2.27. The van der Waals surface area contributed by atoms with Gasteiger partial charge in [-0.15, -0.1) is 0 Å². The molecule has 0 unspecified atom stereocenters. The van der Waals surface area contributed by atoms with E-state index in [2.05, 4.69) is 5.32 Å². The zero-order valence-electron chi connectivity index (χ0n) is 12.9. The Morgan fingerprint density at radius 1 is 1.33 bits per heavy atom. The van der Waals surface area contributed by atoms with Crippen LogP contribution in [0, 0.1) is 5.82 Å². The molecular weight excluding hydrogens is 315 g/mol. The SMILES string of the molecule is COc1cccc(NC(=O)CN2C(=O)COc3ccc(F)cc32)c1. The Balaban J connectivity index is 1.76.